The van der Waals surface area contributed by atoms with Gasteiger partial charge in [-0.15, -0.1) is 0 Å². The zero-order valence-corrected chi connectivity index (χ0v) is 18.9. The molecular weight excluding hydrogens is 418 g/mol. The van der Waals surface area contributed by atoms with E-state index in [4.69, 9.17) is 4.42 Å². The van der Waals surface area contributed by atoms with Crippen molar-refractivity contribution >= 4 is 11.9 Å². The maximum absolute atomic E-state index is 13.3. The lowest BCUT2D eigenvalue weighted by Crippen LogP contribution is -2.49. The molecule has 9 heteroatoms. The predicted molar refractivity (Wildman–Crippen MR) is 124 cm³/mol. The first-order valence-electron chi connectivity index (χ1n) is 11.4. The summed E-state index contributed by atoms with van der Waals surface area (Å²) >= 11 is 0. The molecule has 1 aromatic carbocycles. The van der Waals surface area contributed by atoms with E-state index in [2.05, 4.69) is 48.8 Å². The number of nitrogens with zero attached hydrogens (tertiary/aromatic N) is 7. The van der Waals surface area contributed by atoms with Crippen LogP contribution in [0.1, 0.15) is 28.0 Å². The van der Waals surface area contributed by atoms with Gasteiger partial charge in [0, 0.05) is 58.2 Å². The van der Waals surface area contributed by atoms with Crippen LogP contribution in [0.25, 0.3) is 0 Å². The van der Waals surface area contributed by atoms with E-state index >= 15 is 0 Å². The lowest BCUT2D eigenvalue weighted by Gasteiger charge is -2.40. The third-order valence-corrected chi connectivity index (χ3v) is 6.37. The first kappa shape index (κ1) is 21.5. The molecule has 5 rings (SSSR count). The summed E-state index contributed by atoms with van der Waals surface area (Å²) in [4.78, 5) is 35.2. The molecule has 1 atom stereocenters. The van der Waals surface area contributed by atoms with Crippen LogP contribution in [-0.4, -0.2) is 88.4 Å². The molecule has 2 aliphatic rings. The van der Waals surface area contributed by atoms with E-state index in [0.717, 1.165) is 50.8 Å². The van der Waals surface area contributed by atoms with Gasteiger partial charge in [0.05, 0.1) is 12.6 Å². The predicted octanol–water partition coefficient (Wildman–Crippen LogP) is 1.92. The Morgan fingerprint density at radius 1 is 1.00 bits per heavy atom. The van der Waals surface area contributed by atoms with Crippen molar-refractivity contribution in [1.82, 2.24) is 29.7 Å². The second-order valence-corrected chi connectivity index (χ2v) is 8.63. The molecule has 9 nitrogen and oxygen atoms in total. The van der Waals surface area contributed by atoms with Crippen LogP contribution >= 0.6 is 0 Å². The van der Waals surface area contributed by atoms with Gasteiger partial charge in [-0.1, -0.05) is 30.3 Å². The number of aromatic nitrogens is 3. The van der Waals surface area contributed by atoms with E-state index in [1.165, 1.54) is 6.26 Å². The standard InChI is InChI=1S/C24H29N7O2/c1-28-10-15-31(21(16-28)19-6-3-2-4-7-19)23(32)20-18-33-22(27-20)17-29-11-13-30(14-12-29)24-25-8-5-9-26-24/h2-9,18,21H,10-17H2,1H3/t21-/m1/s1. The highest BCUT2D eigenvalue weighted by Gasteiger charge is 2.32. The molecule has 2 aliphatic heterocycles. The molecule has 2 fully saturated rings. The highest BCUT2D eigenvalue weighted by atomic mass is 16.3. The minimum atomic E-state index is -0.0713. The van der Waals surface area contributed by atoms with Crippen LogP contribution in [-0.2, 0) is 6.54 Å². The minimum Gasteiger partial charge on any atom is -0.447 e. The molecule has 33 heavy (non-hydrogen) atoms. The van der Waals surface area contributed by atoms with Gasteiger partial charge < -0.3 is 19.1 Å². The molecule has 0 spiro atoms. The van der Waals surface area contributed by atoms with Crippen LogP contribution in [0.5, 0.6) is 0 Å². The maximum Gasteiger partial charge on any atom is 0.276 e. The third kappa shape index (κ3) is 4.89. The largest absolute Gasteiger partial charge is 0.447 e. The van der Waals surface area contributed by atoms with E-state index in [-0.39, 0.29) is 11.9 Å². The summed E-state index contributed by atoms with van der Waals surface area (Å²) in [5.74, 6) is 1.27. The van der Waals surface area contributed by atoms with Gasteiger partial charge in [-0.2, -0.15) is 0 Å². The lowest BCUT2D eigenvalue weighted by atomic mass is 10.0. The topological polar surface area (TPSA) is 81.8 Å². The van der Waals surface area contributed by atoms with Crippen LogP contribution in [0.15, 0.2) is 59.5 Å². The number of hydrogen-bond acceptors (Lipinski definition) is 8. The van der Waals surface area contributed by atoms with Gasteiger partial charge in [-0.05, 0) is 18.7 Å². The number of amides is 1. The molecule has 0 unspecified atom stereocenters. The number of rotatable bonds is 5. The Balaban J connectivity index is 1.22. The fourth-order valence-corrected chi connectivity index (χ4v) is 4.50. The number of carbonyl (C=O) groups is 1. The van der Waals surface area contributed by atoms with Gasteiger partial charge in [-0.3, -0.25) is 9.69 Å². The Kier molecular flexibility index (Phi) is 6.32. The second kappa shape index (κ2) is 9.68. The molecule has 172 valence electrons. The highest BCUT2D eigenvalue weighted by molar-refractivity contribution is 5.92. The van der Waals surface area contributed by atoms with Gasteiger partial charge >= 0.3 is 0 Å². The van der Waals surface area contributed by atoms with E-state index in [0.29, 0.717) is 24.7 Å². The number of hydrogen-bond donors (Lipinski definition) is 0. The van der Waals surface area contributed by atoms with Crippen molar-refractivity contribution in [1.29, 1.82) is 0 Å². The third-order valence-electron chi connectivity index (χ3n) is 6.37. The first-order valence-corrected chi connectivity index (χ1v) is 11.4. The van der Waals surface area contributed by atoms with Crippen molar-refractivity contribution in [3.05, 3.63) is 72.2 Å². The summed E-state index contributed by atoms with van der Waals surface area (Å²) < 4.78 is 5.70. The van der Waals surface area contributed by atoms with Crippen molar-refractivity contribution in [3.8, 4) is 0 Å². The Hall–Kier alpha value is -3.30. The SMILES string of the molecule is CN1CCN(C(=O)c2coc(CN3CCN(c4ncccn4)CC3)n2)[C@@H](c2ccccc2)C1. The van der Waals surface area contributed by atoms with Gasteiger partial charge in [0.25, 0.3) is 5.91 Å². The van der Waals surface area contributed by atoms with Crippen LogP contribution in [0.2, 0.25) is 0 Å². The number of carbonyl (C=O) groups excluding carboxylic acids is 1. The number of oxazole rings is 1. The second-order valence-electron chi connectivity index (χ2n) is 8.63. The van der Waals surface area contributed by atoms with Crippen molar-refractivity contribution in [3.63, 3.8) is 0 Å². The molecule has 3 aromatic rings. The molecular formula is C24H29N7O2. The minimum absolute atomic E-state index is 0.00545. The molecule has 0 N–H and O–H groups in total. The van der Waals surface area contributed by atoms with Crippen LogP contribution < -0.4 is 4.90 Å². The number of anilines is 1. The first-order chi connectivity index (χ1) is 16.2. The normalized spacial score (nSPS) is 20.2. The summed E-state index contributed by atoms with van der Waals surface area (Å²) in [5.41, 5.74) is 1.52. The average Bonchev–Trinajstić information content (AvgIpc) is 3.33. The van der Waals surface area contributed by atoms with Gasteiger partial charge in [-0.25, -0.2) is 15.0 Å². The van der Waals surface area contributed by atoms with Gasteiger partial charge in [0.2, 0.25) is 11.8 Å². The monoisotopic (exact) mass is 447 g/mol. The molecule has 0 radical (unpaired) electrons. The van der Waals surface area contributed by atoms with Crippen LogP contribution in [0, 0.1) is 0 Å². The summed E-state index contributed by atoms with van der Waals surface area (Å²) in [5, 5.41) is 0. The molecule has 4 heterocycles. The van der Waals surface area contributed by atoms with Crippen molar-refractivity contribution in [2.45, 2.75) is 12.6 Å². The molecule has 2 saturated heterocycles. The van der Waals surface area contributed by atoms with Crippen molar-refractivity contribution in [2.24, 2.45) is 0 Å². The zero-order valence-electron chi connectivity index (χ0n) is 18.9. The van der Waals surface area contributed by atoms with E-state index in [1.807, 2.05) is 29.2 Å². The smallest absolute Gasteiger partial charge is 0.276 e. The lowest BCUT2D eigenvalue weighted by molar-refractivity contribution is 0.0492. The average molecular weight is 448 g/mol. The van der Waals surface area contributed by atoms with Crippen molar-refractivity contribution in [2.75, 3.05) is 57.8 Å². The molecule has 2 aromatic heterocycles. The summed E-state index contributed by atoms with van der Waals surface area (Å²) in [6.45, 7) is 6.30. The van der Waals surface area contributed by atoms with Gasteiger partial charge in [0.1, 0.15) is 6.26 Å². The molecule has 1 amide bonds. The summed E-state index contributed by atoms with van der Waals surface area (Å²) in [7, 11) is 2.09. The van der Waals surface area contributed by atoms with Gasteiger partial charge in [0.15, 0.2) is 5.69 Å². The van der Waals surface area contributed by atoms with E-state index < -0.39 is 0 Å². The highest BCUT2D eigenvalue weighted by Crippen LogP contribution is 2.26. The number of benzene rings is 1. The Morgan fingerprint density at radius 3 is 2.52 bits per heavy atom. The van der Waals surface area contributed by atoms with Crippen LogP contribution in [0.3, 0.4) is 0 Å². The Labute approximate surface area is 193 Å². The Morgan fingerprint density at radius 2 is 1.76 bits per heavy atom. The Bertz CT molecular complexity index is 1050. The fourth-order valence-electron chi connectivity index (χ4n) is 4.50. The fraction of sp³-hybridized carbons (Fsp3) is 0.417. The van der Waals surface area contributed by atoms with Crippen molar-refractivity contribution < 1.29 is 9.21 Å². The molecule has 0 saturated carbocycles. The van der Waals surface area contributed by atoms with E-state index in [1.54, 1.807) is 12.4 Å². The zero-order chi connectivity index (χ0) is 22.6. The van der Waals surface area contributed by atoms with E-state index in [9.17, 15) is 4.79 Å². The maximum atomic E-state index is 13.3. The summed E-state index contributed by atoms with van der Waals surface area (Å²) in [6, 6.07) is 12.0. The number of piperazine rings is 2. The molecule has 0 bridgehead atoms. The quantitative estimate of drug-likeness (QED) is 0.587. The summed E-state index contributed by atoms with van der Waals surface area (Å²) in [6.07, 6.45) is 5.04. The van der Waals surface area contributed by atoms with Crippen LogP contribution in [0.4, 0.5) is 5.95 Å². The molecule has 0 aliphatic carbocycles. The number of likely N-dealkylation sites (N-methyl/N-ethyl adjacent to an activating group) is 1.